The number of hydrogen-bond donors (Lipinski definition) is 1. The lowest BCUT2D eigenvalue weighted by molar-refractivity contribution is 0.567. The molecule has 1 saturated carbocycles. The molecule has 0 spiro atoms. The largest absolute Gasteiger partial charge is 0.383 e. The average molecular weight is 248 g/mol. The third kappa shape index (κ3) is 2.92. The molecular formula is C14H24N4. The van der Waals surface area contributed by atoms with Crippen LogP contribution in [0.4, 0.5) is 11.6 Å². The van der Waals surface area contributed by atoms with Crippen LogP contribution in [0, 0.1) is 19.8 Å². The van der Waals surface area contributed by atoms with Gasteiger partial charge in [-0.15, -0.1) is 0 Å². The highest BCUT2D eigenvalue weighted by Gasteiger charge is 2.31. The fraction of sp³-hybridized carbons (Fsp3) is 0.714. The first-order valence-electron chi connectivity index (χ1n) is 6.86. The van der Waals surface area contributed by atoms with E-state index in [0.717, 1.165) is 23.8 Å². The normalized spacial score (nSPS) is 15.2. The monoisotopic (exact) mass is 248 g/mol. The molecule has 2 rings (SSSR count). The van der Waals surface area contributed by atoms with Crippen molar-refractivity contribution in [3.63, 3.8) is 0 Å². The lowest BCUT2D eigenvalue weighted by atomic mass is 10.1. The summed E-state index contributed by atoms with van der Waals surface area (Å²) in [6.07, 6.45) is 3.75. The van der Waals surface area contributed by atoms with Crippen LogP contribution in [0.5, 0.6) is 0 Å². The van der Waals surface area contributed by atoms with Gasteiger partial charge in [0.05, 0.1) is 0 Å². The Hall–Kier alpha value is -1.32. The van der Waals surface area contributed by atoms with Gasteiger partial charge in [-0.25, -0.2) is 9.97 Å². The number of rotatable bonds is 5. The molecule has 0 bridgehead atoms. The molecule has 0 saturated heterocycles. The van der Waals surface area contributed by atoms with Crippen molar-refractivity contribution in [3.8, 4) is 0 Å². The van der Waals surface area contributed by atoms with Gasteiger partial charge in [0, 0.05) is 18.2 Å². The lowest BCUT2D eigenvalue weighted by Crippen LogP contribution is -2.30. The predicted octanol–water partition coefficient (Wildman–Crippen LogP) is 2.69. The molecule has 100 valence electrons. The van der Waals surface area contributed by atoms with E-state index >= 15 is 0 Å². The third-order valence-electron chi connectivity index (χ3n) is 3.48. The van der Waals surface area contributed by atoms with Crippen molar-refractivity contribution in [2.75, 3.05) is 17.2 Å². The molecule has 1 aromatic rings. The van der Waals surface area contributed by atoms with Crippen LogP contribution in [0.2, 0.25) is 0 Å². The Morgan fingerprint density at radius 3 is 2.50 bits per heavy atom. The van der Waals surface area contributed by atoms with E-state index in [4.69, 9.17) is 5.73 Å². The van der Waals surface area contributed by atoms with Crippen LogP contribution < -0.4 is 10.6 Å². The Morgan fingerprint density at radius 1 is 1.28 bits per heavy atom. The molecule has 0 aromatic carbocycles. The zero-order valence-corrected chi connectivity index (χ0v) is 11.9. The highest BCUT2D eigenvalue weighted by molar-refractivity contribution is 5.57. The number of hydrogen-bond acceptors (Lipinski definition) is 4. The summed E-state index contributed by atoms with van der Waals surface area (Å²) < 4.78 is 0. The summed E-state index contributed by atoms with van der Waals surface area (Å²) in [6.45, 7) is 9.52. The summed E-state index contributed by atoms with van der Waals surface area (Å²) in [5.74, 6) is 3.14. The molecule has 1 aromatic heterocycles. The minimum Gasteiger partial charge on any atom is -0.383 e. The molecule has 0 aliphatic heterocycles. The van der Waals surface area contributed by atoms with Crippen LogP contribution in [0.1, 0.15) is 44.5 Å². The fourth-order valence-corrected chi connectivity index (χ4v) is 2.16. The van der Waals surface area contributed by atoms with Gasteiger partial charge in [0.2, 0.25) is 0 Å². The number of aryl methyl sites for hydroxylation is 1. The van der Waals surface area contributed by atoms with E-state index in [-0.39, 0.29) is 0 Å². The first-order valence-corrected chi connectivity index (χ1v) is 6.86. The Labute approximate surface area is 110 Å². The molecule has 18 heavy (non-hydrogen) atoms. The van der Waals surface area contributed by atoms with Crippen LogP contribution in [-0.2, 0) is 0 Å². The van der Waals surface area contributed by atoms with Crippen molar-refractivity contribution in [3.05, 3.63) is 11.4 Å². The van der Waals surface area contributed by atoms with Crippen LogP contribution in [0.15, 0.2) is 0 Å². The minimum atomic E-state index is 0.618. The minimum absolute atomic E-state index is 0.618. The van der Waals surface area contributed by atoms with E-state index in [0.29, 0.717) is 17.8 Å². The Kier molecular flexibility index (Phi) is 3.73. The number of anilines is 2. The molecular weight excluding hydrogens is 224 g/mol. The maximum Gasteiger partial charge on any atom is 0.137 e. The van der Waals surface area contributed by atoms with E-state index < -0.39 is 0 Å². The van der Waals surface area contributed by atoms with Crippen LogP contribution in [-0.4, -0.2) is 22.6 Å². The van der Waals surface area contributed by atoms with Crippen molar-refractivity contribution in [2.45, 2.75) is 53.0 Å². The van der Waals surface area contributed by atoms with Gasteiger partial charge >= 0.3 is 0 Å². The molecule has 0 radical (unpaired) electrons. The van der Waals surface area contributed by atoms with Crippen molar-refractivity contribution >= 4 is 11.6 Å². The molecule has 1 aliphatic carbocycles. The van der Waals surface area contributed by atoms with Crippen molar-refractivity contribution in [2.24, 2.45) is 5.92 Å². The van der Waals surface area contributed by atoms with Crippen LogP contribution in [0.3, 0.4) is 0 Å². The SMILES string of the molecule is Cc1nc(N)c(C)c(N(CCC(C)C)C2CC2)n1. The lowest BCUT2D eigenvalue weighted by Gasteiger charge is -2.26. The predicted molar refractivity (Wildman–Crippen MR) is 75.7 cm³/mol. The summed E-state index contributed by atoms with van der Waals surface area (Å²) in [7, 11) is 0. The summed E-state index contributed by atoms with van der Waals surface area (Å²) in [6, 6.07) is 0.663. The number of nitrogens with two attached hydrogens (primary N) is 1. The Balaban J connectivity index is 2.24. The smallest absolute Gasteiger partial charge is 0.137 e. The zero-order chi connectivity index (χ0) is 13.3. The van der Waals surface area contributed by atoms with Crippen molar-refractivity contribution in [1.82, 2.24) is 9.97 Å². The first-order chi connectivity index (χ1) is 8.49. The highest BCUT2D eigenvalue weighted by Crippen LogP contribution is 2.33. The highest BCUT2D eigenvalue weighted by atomic mass is 15.2. The summed E-state index contributed by atoms with van der Waals surface area (Å²) >= 11 is 0. The van der Waals surface area contributed by atoms with Gasteiger partial charge < -0.3 is 10.6 Å². The second kappa shape index (κ2) is 5.12. The van der Waals surface area contributed by atoms with Crippen LogP contribution in [0.25, 0.3) is 0 Å². The first kappa shape index (κ1) is 13.1. The molecule has 0 amide bonds. The van der Waals surface area contributed by atoms with E-state index in [1.165, 1.54) is 19.3 Å². The van der Waals surface area contributed by atoms with Crippen molar-refractivity contribution in [1.29, 1.82) is 0 Å². The summed E-state index contributed by atoms with van der Waals surface area (Å²) in [5, 5.41) is 0. The maximum atomic E-state index is 5.96. The van der Waals surface area contributed by atoms with Crippen LogP contribution >= 0.6 is 0 Å². The van der Waals surface area contributed by atoms with E-state index in [9.17, 15) is 0 Å². The Morgan fingerprint density at radius 2 is 1.94 bits per heavy atom. The molecule has 1 aliphatic rings. The molecule has 2 N–H and O–H groups in total. The number of nitrogen functional groups attached to an aromatic ring is 1. The van der Waals surface area contributed by atoms with E-state index in [1.807, 2.05) is 13.8 Å². The second-order valence-corrected chi connectivity index (χ2v) is 5.71. The number of nitrogens with zero attached hydrogens (tertiary/aromatic N) is 3. The average Bonchev–Trinajstić information content (AvgIpc) is 3.08. The molecule has 4 nitrogen and oxygen atoms in total. The summed E-state index contributed by atoms with van der Waals surface area (Å²) in [5.41, 5.74) is 6.98. The molecule has 0 unspecified atom stereocenters. The van der Waals surface area contributed by atoms with Gasteiger partial charge in [-0.3, -0.25) is 0 Å². The number of aromatic nitrogens is 2. The molecule has 1 fully saturated rings. The second-order valence-electron chi connectivity index (χ2n) is 5.71. The summed E-state index contributed by atoms with van der Waals surface area (Å²) in [4.78, 5) is 11.3. The maximum absolute atomic E-state index is 5.96. The van der Waals surface area contributed by atoms with Crippen molar-refractivity contribution < 1.29 is 0 Å². The third-order valence-corrected chi connectivity index (χ3v) is 3.48. The zero-order valence-electron chi connectivity index (χ0n) is 11.9. The Bertz CT molecular complexity index is 424. The van der Waals surface area contributed by atoms with Gasteiger partial charge in [0.25, 0.3) is 0 Å². The topological polar surface area (TPSA) is 55.0 Å². The van der Waals surface area contributed by atoms with Gasteiger partial charge in [0.15, 0.2) is 0 Å². The molecule has 4 heteroatoms. The fourth-order valence-electron chi connectivity index (χ4n) is 2.16. The molecule has 0 atom stereocenters. The standard InChI is InChI=1S/C14H24N4/c1-9(2)7-8-18(12-5-6-12)14-10(3)13(15)16-11(4)17-14/h9,12H,5-8H2,1-4H3,(H2,15,16,17). The van der Waals surface area contributed by atoms with Gasteiger partial charge in [-0.2, -0.15) is 0 Å². The molecule has 1 heterocycles. The van der Waals surface area contributed by atoms with E-state index in [2.05, 4.69) is 28.7 Å². The quantitative estimate of drug-likeness (QED) is 0.870. The van der Waals surface area contributed by atoms with Gasteiger partial charge in [-0.05, 0) is 39.0 Å². The van der Waals surface area contributed by atoms with Gasteiger partial charge in [0.1, 0.15) is 17.5 Å². The van der Waals surface area contributed by atoms with Gasteiger partial charge in [-0.1, -0.05) is 13.8 Å². The van der Waals surface area contributed by atoms with E-state index in [1.54, 1.807) is 0 Å².